The molecule has 1 aliphatic rings. The van der Waals surface area contributed by atoms with Crippen LogP contribution in [0.15, 0.2) is 18.2 Å². The molecule has 29 heavy (non-hydrogen) atoms. The van der Waals surface area contributed by atoms with Gasteiger partial charge in [0.15, 0.2) is 15.7 Å². The molecule has 0 bridgehead atoms. The maximum atomic E-state index is 15.6. The first-order chi connectivity index (χ1) is 13.4. The lowest BCUT2D eigenvalue weighted by Crippen LogP contribution is -2.48. The first-order valence-electron chi connectivity index (χ1n) is 8.93. The summed E-state index contributed by atoms with van der Waals surface area (Å²) >= 11 is 0.832. The van der Waals surface area contributed by atoms with Gasteiger partial charge in [-0.3, -0.25) is 0 Å². The molecule has 158 valence electrons. The van der Waals surface area contributed by atoms with Gasteiger partial charge in [0.2, 0.25) is 0 Å². The molecule has 0 N–H and O–H groups in total. The zero-order valence-electron chi connectivity index (χ0n) is 16.1. The fraction of sp³-hybridized carbons (Fsp3) is 0.556. The molecular weight excluding hydrogens is 412 g/mol. The number of piperidine rings is 1. The molecule has 3 heterocycles. The Bertz CT molecular complexity index is 896. The molecule has 0 aliphatic carbocycles. The van der Waals surface area contributed by atoms with E-state index >= 15 is 4.39 Å². The first-order valence-corrected chi connectivity index (χ1v) is 9.74. The molecule has 2 aromatic rings. The number of ether oxygens (including phenoxy) is 1. The van der Waals surface area contributed by atoms with Crippen LogP contribution in [-0.4, -0.2) is 44.9 Å². The smallest absolute Gasteiger partial charge is 0.433 e. The summed E-state index contributed by atoms with van der Waals surface area (Å²) in [5.41, 5.74) is -3.76. The lowest BCUT2D eigenvalue weighted by Gasteiger charge is -2.36. The number of pyridine rings is 1. The van der Waals surface area contributed by atoms with Gasteiger partial charge in [-0.2, -0.15) is 13.2 Å². The van der Waals surface area contributed by atoms with E-state index in [1.54, 1.807) is 20.8 Å². The molecular formula is C18H20F4N4O2S. The van der Waals surface area contributed by atoms with Gasteiger partial charge in [-0.15, -0.1) is 10.2 Å². The Kier molecular flexibility index (Phi) is 5.54. The molecule has 0 radical (unpaired) electrons. The number of alkyl halides is 4. The van der Waals surface area contributed by atoms with E-state index < -0.39 is 29.2 Å². The van der Waals surface area contributed by atoms with Crippen molar-refractivity contribution in [3.05, 3.63) is 28.9 Å². The molecule has 0 aromatic carbocycles. The second kappa shape index (κ2) is 7.51. The van der Waals surface area contributed by atoms with Crippen molar-refractivity contribution >= 4 is 17.4 Å². The number of hydrogen-bond acceptors (Lipinski definition) is 6. The third kappa shape index (κ3) is 5.01. The summed E-state index contributed by atoms with van der Waals surface area (Å²) < 4.78 is 59.5. The average molecular weight is 432 g/mol. The molecule has 1 fully saturated rings. The highest BCUT2D eigenvalue weighted by molar-refractivity contribution is 7.14. The molecule has 1 aliphatic heterocycles. The van der Waals surface area contributed by atoms with Crippen molar-refractivity contribution < 1.29 is 27.1 Å². The Morgan fingerprint density at radius 2 is 1.97 bits per heavy atom. The summed E-state index contributed by atoms with van der Waals surface area (Å²) in [5, 5.41) is 7.75. The van der Waals surface area contributed by atoms with Crippen LogP contribution >= 0.6 is 11.3 Å². The maximum absolute atomic E-state index is 15.6. The molecule has 3 rings (SSSR count). The van der Waals surface area contributed by atoms with Crippen molar-refractivity contribution in [2.45, 2.75) is 51.1 Å². The Balaban J connectivity index is 1.81. The van der Waals surface area contributed by atoms with Crippen molar-refractivity contribution in [2.75, 3.05) is 13.1 Å². The summed E-state index contributed by atoms with van der Waals surface area (Å²) in [5.74, 6) is 0. The highest BCUT2D eigenvalue weighted by Gasteiger charge is 2.43. The topological polar surface area (TPSA) is 68.2 Å². The SMILES string of the molecule is CC(C)(C)OC(=O)N1CCCC(F)(c2nnc(-c3cccc(C(F)(F)F)n3)s2)C1. The minimum atomic E-state index is -4.60. The summed E-state index contributed by atoms with van der Waals surface area (Å²) in [6, 6.07) is 3.42. The quantitative estimate of drug-likeness (QED) is 0.637. The van der Waals surface area contributed by atoms with Crippen LogP contribution in [0.4, 0.5) is 22.4 Å². The summed E-state index contributed by atoms with van der Waals surface area (Å²) in [7, 11) is 0. The third-order valence-corrected chi connectivity index (χ3v) is 5.29. The van der Waals surface area contributed by atoms with Gasteiger partial charge < -0.3 is 9.64 Å². The fourth-order valence-electron chi connectivity index (χ4n) is 2.89. The molecule has 1 saturated heterocycles. The van der Waals surface area contributed by atoms with Gasteiger partial charge in [0.1, 0.15) is 17.0 Å². The van der Waals surface area contributed by atoms with E-state index in [4.69, 9.17) is 4.74 Å². The highest BCUT2D eigenvalue weighted by atomic mass is 32.1. The second-order valence-electron chi connectivity index (χ2n) is 7.79. The van der Waals surface area contributed by atoms with E-state index in [9.17, 15) is 18.0 Å². The summed E-state index contributed by atoms with van der Waals surface area (Å²) in [4.78, 5) is 17.1. The molecule has 2 aromatic heterocycles. The highest BCUT2D eigenvalue weighted by Crippen LogP contribution is 2.39. The predicted octanol–water partition coefficient (Wildman–Crippen LogP) is 4.81. The minimum absolute atomic E-state index is 0.0000274. The van der Waals surface area contributed by atoms with Crippen LogP contribution in [0, 0.1) is 0 Å². The van der Waals surface area contributed by atoms with Crippen LogP contribution in [0.25, 0.3) is 10.7 Å². The predicted molar refractivity (Wildman–Crippen MR) is 98.0 cm³/mol. The molecule has 0 saturated carbocycles. The summed E-state index contributed by atoms with van der Waals surface area (Å²) in [6.45, 7) is 5.25. The Hall–Kier alpha value is -2.30. The van der Waals surface area contributed by atoms with Crippen LogP contribution in [0.3, 0.4) is 0 Å². The number of nitrogens with zero attached hydrogens (tertiary/aromatic N) is 4. The normalized spacial score (nSPS) is 20.6. The van der Waals surface area contributed by atoms with Gasteiger partial charge in [-0.05, 0) is 45.7 Å². The number of rotatable bonds is 2. The number of aromatic nitrogens is 3. The van der Waals surface area contributed by atoms with Gasteiger partial charge in [0, 0.05) is 6.54 Å². The number of carbonyl (C=O) groups excluding carboxylic acids is 1. The number of halogens is 4. The monoisotopic (exact) mass is 432 g/mol. The van der Waals surface area contributed by atoms with E-state index in [0.29, 0.717) is 13.0 Å². The van der Waals surface area contributed by atoms with E-state index in [0.717, 1.165) is 17.4 Å². The van der Waals surface area contributed by atoms with Crippen molar-refractivity contribution in [1.29, 1.82) is 0 Å². The van der Waals surface area contributed by atoms with Crippen molar-refractivity contribution in [3.63, 3.8) is 0 Å². The van der Waals surface area contributed by atoms with Gasteiger partial charge in [-0.25, -0.2) is 14.2 Å². The zero-order chi connectivity index (χ0) is 21.4. The van der Waals surface area contributed by atoms with Crippen LogP contribution in [0.5, 0.6) is 0 Å². The first kappa shape index (κ1) is 21.4. The van der Waals surface area contributed by atoms with E-state index in [2.05, 4.69) is 15.2 Å². The van der Waals surface area contributed by atoms with Crippen LogP contribution in [-0.2, 0) is 16.6 Å². The van der Waals surface area contributed by atoms with Crippen molar-refractivity contribution in [2.24, 2.45) is 0 Å². The minimum Gasteiger partial charge on any atom is -0.444 e. The lowest BCUT2D eigenvalue weighted by molar-refractivity contribution is -0.141. The van der Waals surface area contributed by atoms with E-state index in [-0.39, 0.29) is 28.7 Å². The zero-order valence-corrected chi connectivity index (χ0v) is 16.9. The number of carbonyl (C=O) groups is 1. The summed E-state index contributed by atoms with van der Waals surface area (Å²) in [6.07, 6.45) is -4.70. The Morgan fingerprint density at radius 3 is 2.62 bits per heavy atom. The molecule has 1 unspecified atom stereocenters. The molecule has 1 amide bonds. The molecule has 0 spiro atoms. The maximum Gasteiger partial charge on any atom is 0.433 e. The molecule has 11 heteroatoms. The van der Waals surface area contributed by atoms with Crippen LogP contribution < -0.4 is 0 Å². The average Bonchev–Trinajstić information content (AvgIpc) is 3.11. The molecule has 6 nitrogen and oxygen atoms in total. The molecule has 1 atom stereocenters. The van der Waals surface area contributed by atoms with Crippen molar-refractivity contribution in [3.8, 4) is 10.7 Å². The van der Waals surface area contributed by atoms with E-state index in [1.165, 1.54) is 17.0 Å². The van der Waals surface area contributed by atoms with Gasteiger partial charge in [-0.1, -0.05) is 17.4 Å². The Morgan fingerprint density at radius 1 is 1.24 bits per heavy atom. The Labute approximate surface area is 168 Å². The van der Waals surface area contributed by atoms with Gasteiger partial charge >= 0.3 is 12.3 Å². The van der Waals surface area contributed by atoms with Crippen LogP contribution in [0.2, 0.25) is 0 Å². The van der Waals surface area contributed by atoms with Crippen molar-refractivity contribution in [1.82, 2.24) is 20.1 Å². The van der Waals surface area contributed by atoms with E-state index in [1.807, 2.05) is 0 Å². The third-order valence-electron chi connectivity index (χ3n) is 4.16. The standard InChI is InChI=1S/C18H20F4N4O2S/c1-16(2,3)28-15(27)26-9-5-8-17(19,10-26)14-25-24-13(29-14)11-6-4-7-12(23-11)18(20,21)22/h4,6-7H,5,8-10H2,1-3H3. The largest absolute Gasteiger partial charge is 0.444 e. The number of likely N-dealkylation sites (tertiary alicyclic amines) is 1. The number of amides is 1. The van der Waals surface area contributed by atoms with Crippen LogP contribution in [0.1, 0.15) is 44.3 Å². The number of hydrogen-bond donors (Lipinski definition) is 0. The van der Waals surface area contributed by atoms with Gasteiger partial charge in [0.05, 0.1) is 6.54 Å². The van der Waals surface area contributed by atoms with Gasteiger partial charge in [0.25, 0.3) is 0 Å². The second-order valence-corrected chi connectivity index (χ2v) is 8.77. The lowest BCUT2D eigenvalue weighted by atomic mass is 9.96. The fourth-order valence-corrected chi connectivity index (χ4v) is 3.80.